The summed E-state index contributed by atoms with van der Waals surface area (Å²) in [4.78, 5) is 12.8. The lowest BCUT2D eigenvalue weighted by Crippen LogP contribution is -2.35. The number of nitriles is 1. The molecule has 1 fully saturated rings. The summed E-state index contributed by atoms with van der Waals surface area (Å²) >= 11 is 0. The summed E-state index contributed by atoms with van der Waals surface area (Å²) in [6.45, 7) is 5.13. The normalized spacial score (nSPS) is 16.6. The van der Waals surface area contributed by atoms with Crippen molar-refractivity contribution in [3.05, 3.63) is 33.9 Å². The van der Waals surface area contributed by atoms with Crippen LogP contribution in [0.25, 0.3) is 0 Å². The Morgan fingerprint density at radius 3 is 2.80 bits per heavy atom. The molecule has 0 aliphatic carbocycles. The predicted octanol–water partition coefficient (Wildman–Crippen LogP) is 2.36. The van der Waals surface area contributed by atoms with E-state index in [2.05, 4.69) is 17.1 Å². The van der Waals surface area contributed by atoms with Crippen LogP contribution in [-0.2, 0) is 0 Å². The molecule has 0 aromatic heterocycles. The molecule has 1 aliphatic heterocycles. The topological polar surface area (TPSA) is 82.2 Å². The molecule has 0 saturated carbocycles. The fourth-order valence-corrected chi connectivity index (χ4v) is 2.46. The molecule has 6 nitrogen and oxygen atoms in total. The van der Waals surface area contributed by atoms with Crippen molar-refractivity contribution in [3.8, 4) is 6.07 Å². The van der Waals surface area contributed by atoms with Gasteiger partial charge in [0.1, 0.15) is 11.6 Å². The van der Waals surface area contributed by atoms with Gasteiger partial charge < -0.3 is 5.32 Å². The Balaban J connectivity index is 2.01. The highest BCUT2D eigenvalue weighted by molar-refractivity contribution is 5.59. The first kappa shape index (κ1) is 14.3. The Kier molecular flexibility index (Phi) is 4.53. The van der Waals surface area contributed by atoms with Gasteiger partial charge in [-0.15, -0.1) is 0 Å². The molecule has 106 valence electrons. The first-order chi connectivity index (χ1) is 9.61. The van der Waals surface area contributed by atoms with E-state index in [1.807, 2.05) is 6.07 Å². The third kappa shape index (κ3) is 3.25. The minimum Gasteiger partial charge on any atom is -0.383 e. The van der Waals surface area contributed by atoms with Gasteiger partial charge in [0, 0.05) is 24.3 Å². The molecule has 1 atom stereocenters. The van der Waals surface area contributed by atoms with Crippen molar-refractivity contribution in [2.45, 2.75) is 25.8 Å². The molecule has 1 aromatic carbocycles. The largest absolute Gasteiger partial charge is 0.383 e. The Hall–Kier alpha value is -2.13. The van der Waals surface area contributed by atoms with Gasteiger partial charge >= 0.3 is 0 Å². The van der Waals surface area contributed by atoms with Gasteiger partial charge in [-0.25, -0.2) is 0 Å². The minimum atomic E-state index is -0.520. The molecule has 0 spiro atoms. The first-order valence-electron chi connectivity index (χ1n) is 6.78. The van der Waals surface area contributed by atoms with Crippen molar-refractivity contribution >= 4 is 11.4 Å². The van der Waals surface area contributed by atoms with E-state index in [1.165, 1.54) is 25.0 Å². The Bertz CT molecular complexity index is 532. The lowest BCUT2D eigenvalue weighted by molar-refractivity contribution is -0.385. The zero-order valence-electron chi connectivity index (χ0n) is 11.5. The summed E-state index contributed by atoms with van der Waals surface area (Å²) in [5, 5.41) is 22.9. The van der Waals surface area contributed by atoms with Crippen LogP contribution in [0.3, 0.4) is 0 Å². The zero-order chi connectivity index (χ0) is 14.5. The van der Waals surface area contributed by atoms with Crippen LogP contribution < -0.4 is 5.32 Å². The molecule has 1 heterocycles. The molecule has 2 rings (SSSR count). The van der Waals surface area contributed by atoms with E-state index in [1.54, 1.807) is 6.07 Å². The number of likely N-dealkylation sites (tertiary alicyclic amines) is 1. The zero-order valence-corrected chi connectivity index (χ0v) is 11.5. The molecule has 1 aromatic rings. The third-order valence-electron chi connectivity index (χ3n) is 3.68. The minimum absolute atomic E-state index is 0.0909. The maximum absolute atomic E-state index is 10.9. The molecular formula is C14H18N4O2. The number of hydrogen-bond donors (Lipinski definition) is 1. The molecule has 6 heteroatoms. The van der Waals surface area contributed by atoms with E-state index >= 15 is 0 Å². The fraction of sp³-hybridized carbons (Fsp3) is 0.500. The smallest absolute Gasteiger partial charge is 0.289 e. The Morgan fingerprint density at radius 1 is 1.50 bits per heavy atom. The highest BCUT2D eigenvalue weighted by Gasteiger charge is 2.18. The maximum Gasteiger partial charge on any atom is 0.289 e. The van der Waals surface area contributed by atoms with Gasteiger partial charge in [-0.2, -0.15) is 5.26 Å². The number of anilines is 1. The lowest BCUT2D eigenvalue weighted by Gasteiger charge is -2.24. The molecule has 1 aliphatic rings. The van der Waals surface area contributed by atoms with Crippen molar-refractivity contribution < 1.29 is 4.92 Å². The second-order valence-electron chi connectivity index (χ2n) is 5.07. The van der Waals surface area contributed by atoms with E-state index in [-0.39, 0.29) is 11.3 Å². The summed E-state index contributed by atoms with van der Waals surface area (Å²) in [6, 6.07) is 6.86. The maximum atomic E-state index is 10.9. The predicted molar refractivity (Wildman–Crippen MR) is 76.6 cm³/mol. The van der Waals surface area contributed by atoms with Crippen molar-refractivity contribution in [1.82, 2.24) is 4.90 Å². The second kappa shape index (κ2) is 6.35. The Morgan fingerprint density at radius 2 is 2.20 bits per heavy atom. The summed E-state index contributed by atoms with van der Waals surface area (Å²) in [7, 11) is 0. The van der Waals surface area contributed by atoms with E-state index in [4.69, 9.17) is 5.26 Å². The number of benzene rings is 1. The van der Waals surface area contributed by atoms with Crippen LogP contribution in [0, 0.1) is 21.4 Å². The highest BCUT2D eigenvalue weighted by Crippen LogP contribution is 2.22. The summed E-state index contributed by atoms with van der Waals surface area (Å²) in [6.07, 6.45) is 2.49. The van der Waals surface area contributed by atoms with E-state index in [9.17, 15) is 10.1 Å². The van der Waals surface area contributed by atoms with Crippen molar-refractivity contribution in [2.75, 3.05) is 25.0 Å². The molecular weight excluding hydrogens is 256 g/mol. The van der Waals surface area contributed by atoms with Crippen LogP contribution in [0.2, 0.25) is 0 Å². The lowest BCUT2D eigenvalue weighted by atomic mass is 10.1. The van der Waals surface area contributed by atoms with Crippen LogP contribution in [0.5, 0.6) is 0 Å². The van der Waals surface area contributed by atoms with Gasteiger partial charge in [-0.3, -0.25) is 15.0 Å². The van der Waals surface area contributed by atoms with Gasteiger partial charge in [0.05, 0.1) is 4.92 Å². The highest BCUT2D eigenvalue weighted by atomic mass is 16.6. The van der Waals surface area contributed by atoms with E-state index < -0.39 is 4.92 Å². The third-order valence-corrected chi connectivity index (χ3v) is 3.68. The number of rotatable bonds is 5. The van der Waals surface area contributed by atoms with Gasteiger partial charge in [-0.1, -0.05) is 0 Å². The van der Waals surface area contributed by atoms with Gasteiger partial charge in [0.25, 0.3) is 5.69 Å². The molecule has 1 unspecified atom stereocenters. The number of hydrogen-bond acceptors (Lipinski definition) is 5. The number of nitrogens with one attached hydrogen (secondary N) is 1. The monoisotopic (exact) mass is 274 g/mol. The van der Waals surface area contributed by atoms with Crippen molar-refractivity contribution in [1.29, 1.82) is 5.26 Å². The molecule has 1 N–H and O–H groups in total. The molecule has 0 radical (unpaired) electrons. The average Bonchev–Trinajstić information content (AvgIpc) is 2.98. The molecule has 0 bridgehead atoms. The standard InChI is InChI=1S/C14H18N4O2/c1-11(17-6-2-3-7-17)10-16-13-5-4-12(9-15)14(8-13)18(19)20/h4-5,8,11,16H,2-3,6-7,10H2,1H3. The number of nitro groups is 1. The average molecular weight is 274 g/mol. The molecule has 20 heavy (non-hydrogen) atoms. The van der Waals surface area contributed by atoms with E-state index in [0.29, 0.717) is 11.7 Å². The molecule has 0 amide bonds. The summed E-state index contributed by atoms with van der Waals surface area (Å²) in [5.74, 6) is 0. The van der Waals surface area contributed by atoms with Gasteiger partial charge in [0.15, 0.2) is 0 Å². The first-order valence-corrected chi connectivity index (χ1v) is 6.78. The van der Waals surface area contributed by atoms with Gasteiger partial charge in [0.2, 0.25) is 0 Å². The summed E-state index contributed by atoms with van der Waals surface area (Å²) in [5.41, 5.74) is 0.626. The van der Waals surface area contributed by atoms with Crippen LogP contribution in [0.4, 0.5) is 11.4 Å². The van der Waals surface area contributed by atoms with Crippen LogP contribution in [-0.4, -0.2) is 35.5 Å². The van der Waals surface area contributed by atoms with Crippen LogP contribution in [0.1, 0.15) is 25.3 Å². The second-order valence-corrected chi connectivity index (χ2v) is 5.07. The number of nitrogens with zero attached hydrogens (tertiary/aromatic N) is 3. The SMILES string of the molecule is CC(CNc1ccc(C#N)c([N+](=O)[O-])c1)N1CCCC1. The number of nitro benzene ring substituents is 1. The fourth-order valence-electron chi connectivity index (χ4n) is 2.46. The van der Waals surface area contributed by atoms with Crippen LogP contribution >= 0.6 is 0 Å². The van der Waals surface area contributed by atoms with Crippen molar-refractivity contribution in [2.24, 2.45) is 0 Å². The quantitative estimate of drug-likeness (QED) is 0.658. The molecule has 1 saturated heterocycles. The van der Waals surface area contributed by atoms with Crippen molar-refractivity contribution in [3.63, 3.8) is 0 Å². The van der Waals surface area contributed by atoms with Crippen LogP contribution in [0.15, 0.2) is 18.2 Å². The van der Waals surface area contributed by atoms with E-state index in [0.717, 1.165) is 19.6 Å². The summed E-state index contributed by atoms with van der Waals surface area (Å²) < 4.78 is 0. The Labute approximate surface area is 118 Å². The van der Waals surface area contributed by atoms with Gasteiger partial charge in [-0.05, 0) is 45.0 Å².